The molecule has 18 heavy (non-hydrogen) atoms. The van der Waals surface area contributed by atoms with Crippen LogP contribution < -0.4 is 5.32 Å². The van der Waals surface area contributed by atoms with Gasteiger partial charge >= 0.3 is 5.97 Å². The fourth-order valence-corrected chi connectivity index (χ4v) is 1.42. The first kappa shape index (κ1) is 16.4. The van der Waals surface area contributed by atoms with E-state index in [1.165, 1.54) is 7.11 Å². The van der Waals surface area contributed by atoms with E-state index in [0.717, 1.165) is 0 Å². The van der Waals surface area contributed by atoms with E-state index in [0.29, 0.717) is 6.42 Å². The molecule has 0 aromatic heterocycles. The third kappa shape index (κ3) is 6.21. The molecule has 0 aromatic rings. The van der Waals surface area contributed by atoms with Crippen molar-refractivity contribution in [1.82, 2.24) is 5.32 Å². The average Bonchev–Trinajstić information content (AvgIpc) is 2.32. The molecule has 6 heteroatoms. The van der Waals surface area contributed by atoms with Crippen LogP contribution in [0.3, 0.4) is 0 Å². The summed E-state index contributed by atoms with van der Waals surface area (Å²) in [6.07, 6.45) is -0.541. The van der Waals surface area contributed by atoms with Crippen LogP contribution in [0.1, 0.15) is 33.1 Å². The maximum atomic E-state index is 11.6. The lowest BCUT2D eigenvalue weighted by molar-refractivity contribution is -0.146. The number of amides is 1. The summed E-state index contributed by atoms with van der Waals surface area (Å²) in [5.41, 5.74) is 0. The number of carbonyl (C=O) groups excluding carboxylic acids is 2. The van der Waals surface area contributed by atoms with Crippen LogP contribution in [-0.2, 0) is 14.3 Å². The number of nitrogens with one attached hydrogen (secondary N) is 1. The van der Waals surface area contributed by atoms with E-state index in [4.69, 9.17) is 5.26 Å². The Hall–Kier alpha value is -1.61. The molecule has 0 heterocycles. The summed E-state index contributed by atoms with van der Waals surface area (Å²) in [6.45, 7) is 3.76. The quantitative estimate of drug-likeness (QED) is 0.640. The number of nitriles is 1. The number of hydrogen-bond acceptors (Lipinski definition) is 5. The number of aliphatic hydroxyl groups excluding tert-OH is 1. The Bertz CT molecular complexity index is 323. The molecule has 6 nitrogen and oxygen atoms in total. The molecule has 0 radical (unpaired) electrons. The largest absolute Gasteiger partial charge is 0.467 e. The molecule has 0 bridgehead atoms. The lowest BCUT2D eigenvalue weighted by Crippen LogP contribution is -2.46. The number of esters is 1. The van der Waals surface area contributed by atoms with Gasteiger partial charge in [-0.1, -0.05) is 13.8 Å². The Morgan fingerprint density at radius 1 is 1.44 bits per heavy atom. The van der Waals surface area contributed by atoms with Gasteiger partial charge in [-0.05, 0) is 18.8 Å². The fraction of sp³-hybridized carbons (Fsp3) is 0.750. The predicted octanol–water partition coefficient (Wildman–Crippen LogP) is 0.355. The van der Waals surface area contributed by atoms with E-state index < -0.39 is 24.0 Å². The van der Waals surface area contributed by atoms with Gasteiger partial charge in [0.05, 0.1) is 13.2 Å². The third-order valence-corrected chi connectivity index (χ3v) is 2.34. The van der Waals surface area contributed by atoms with Gasteiger partial charge in [-0.2, -0.15) is 5.26 Å². The molecular weight excluding hydrogens is 236 g/mol. The van der Waals surface area contributed by atoms with E-state index in [-0.39, 0.29) is 18.8 Å². The second kappa shape index (κ2) is 8.48. The van der Waals surface area contributed by atoms with Gasteiger partial charge in [-0.25, -0.2) is 4.79 Å². The van der Waals surface area contributed by atoms with Crippen molar-refractivity contribution in [3.63, 3.8) is 0 Å². The number of hydrogen-bond donors (Lipinski definition) is 2. The van der Waals surface area contributed by atoms with Crippen LogP contribution in [0.15, 0.2) is 0 Å². The summed E-state index contributed by atoms with van der Waals surface area (Å²) in [7, 11) is 1.21. The normalized spacial score (nSPS) is 13.6. The Kier molecular flexibility index (Phi) is 7.72. The monoisotopic (exact) mass is 256 g/mol. The highest BCUT2D eigenvalue weighted by atomic mass is 16.5. The molecule has 2 atom stereocenters. The molecule has 102 valence electrons. The molecule has 0 saturated heterocycles. The van der Waals surface area contributed by atoms with Crippen molar-refractivity contribution in [2.75, 3.05) is 7.11 Å². The molecule has 0 fully saturated rings. The lowest BCUT2D eigenvalue weighted by Gasteiger charge is -2.18. The van der Waals surface area contributed by atoms with Crippen molar-refractivity contribution in [2.24, 2.45) is 5.92 Å². The van der Waals surface area contributed by atoms with Crippen LogP contribution in [0.5, 0.6) is 0 Å². The smallest absolute Gasteiger partial charge is 0.328 e. The van der Waals surface area contributed by atoms with Gasteiger partial charge in [0.15, 0.2) is 0 Å². The number of methoxy groups -OCH3 is 1. The summed E-state index contributed by atoms with van der Waals surface area (Å²) in [5, 5.41) is 20.4. The van der Waals surface area contributed by atoms with Crippen LogP contribution in [0.2, 0.25) is 0 Å². The van der Waals surface area contributed by atoms with E-state index in [2.05, 4.69) is 10.1 Å². The first-order valence-electron chi connectivity index (χ1n) is 5.85. The second-order valence-electron chi connectivity index (χ2n) is 4.43. The SMILES string of the molecule is COC(=O)[C@@H](CCC#N)NC(=O)[C@H](O)CC(C)C. The molecule has 0 aromatic carbocycles. The van der Waals surface area contributed by atoms with Gasteiger partial charge in [-0.3, -0.25) is 4.79 Å². The van der Waals surface area contributed by atoms with Crippen molar-refractivity contribution >= 4 is 11.9 Å². The van der Waals surface area contributed by atoms with Crippen molar-refractivity contribution < 1.29 is 19.4 Å². The van der Waals surface area contributed by atoms with Gasteiger partial charge in [0, 0.05) is 6.42 Å². The molecule has 0 aliphatic rings. The standard InChI is InChI=1S/C12H20N2O4/c1-8(2)7-10(15)11(16)14-9(5-4-6-13)12(17)18-3/h8-10,15H,4-5,7H2,1-3H3,(H,14,16)/t9-,10-/m1/s1. The van der Waals surface area contributed by atoms with E-state index in [1.807, 2.05) is 19.9 Å². The van der Waals surface area contributed by atoms with Gasteiger partial charge in [0.2, 0.25) is 5.91 Å². The maximum Gasteiger partial charge on any atom is 0.328 e. The highest BCUT2D eigenvalue weighted by Gasteiger charge is 2.25. The Morgan fingerprint density at radius 3 is 2.50 bits per heavy atom. The minimum Gasteiger partial charge on any atom is -0.467 e. The van der Waals surface area contributed by atoms with E-state index >= 15 is 0 Å². The van der Waals surface area contributed by atoms with Crippen LogP contribution in [0.4, 0.5) is 0 Å². The molecule has 0 unspecified atom stereocenters. The number of aliphatic hydroxyl groups is 1. The van der Waals surface area contributed by atoms with Crippen molar-refractivity contribution in [1.29, 1.82) is 5.26 Å². The molecule has 1 amide bonds. The molecule has 2 N–H and O–H groups in total. The molecule has 0 rings (SSSR count). The topological polar surface area (TPSA) is 99.4 Å². The van der Waals surface area contributed by atoms with E-state index in [1.54, 1.807) is 0 Å². The van der Waals surface area contributed by atoms with Gasteiger partial charge in [0.1, 0.15) is 12.1 Å². The molecule has 0 aliphatic heterocycles. The average molecular weight is 256 g/mol. The number of carbonyl (C=O) groups is 2. The summed E-state index contributed by atoms with van der Waals surface area (Å²) in [6, 6.07) is 1.01. The Balaban J connectivity index is 4.43. The zero-order chi connectivity index (χ0) is 14.1. The Morgan fingerprint density at radius 2 is 2.06 bits per heavy atom. The van der Waals surface area contributed by atoms with Crippen LogP contribution >= 0.6 is 0 Å². The molecule has 0 spiro atoms. The number of rotatable bonds is 7. The summed E-state index contributed by atoms with van der Waals surface area (Å²) < 4.78 is 4.53. The first-order valence-corrected chi connectivity index (χ1v) is 5.85. The summed E-state index contributed by atoms with van der Waals surface area (Å²) in [5.74, 6) is -1.06. The fourth-order valence-electron chi connectivity index (χ4n) is 1.42. The summed E-state index contributed by atoms with van der Waals surface area (Å²) >= 11 is 0. The van der Waals surface area contributed by atoms with Crippen molar-refractivity contribution in [2.45, 2.75) is 45.3 Å². The van der Waals surface area contributed by atoms with Crippen molar-refractivity contribution in [3.8, 4) is 6.07 Å². The highest BCUT2D eigenvalue weighted by molar-refractivity contribution is 5.86. The predicted molar refractivity (Wildman–Crippen MR) is 64.3 cm³/mol. The second-order valence-corrected chi connectivity index (χ2v) is 4.43. The van der Waals surface area contributed by atoms with Crippen LogP contribution in [0, 0.1) is 17.2 Å². The number of ether oxygens (including phenoxy) is 1. The maximum absolute atomic E-state index is 11.6. The zero-order valence-electron chi connectivity index (χ0n) is 11.0. The Labute approximate surface area is 107 Å². The van der Waals surface area contributed by atoms with Crippen molar-refractivity contribution in [3.05, 3.63) is 0 Å². The first-order chi connectivity index (χ1) is 8.42. The molecule has 0 saturated carbocycles. The van der Waals surface area contributed by atoms with Gasteiger partial charge in [0.25, 0.3) is 0 Å². The minimum absolute atomic E-state index is 0.125. The lowest BCUT2D eigenvalue weighted by atomic mass is 10.0. The minimum atomic E-state index is -1.15. The van der Waals surface area contributed by atoms with Gasteiger partial charge in [-0.15, -0.1) is 0 Å². The third-order valence-electron chi connectivity index (χ3n) is 2.34. The van der Waals surface area contributed by atoms with Crippen LogP contribution in [-0.4, -0.2) is 36.2 Å². The van der Waals surface area contributed by atoms with Gasteiger partial charge < -0.3 is 15.2 Å². The molecular formula is C12H20N2O4. The zero-order valence-corrected chi connectivity index (χ0v) is 11.0. The molecule has 0 aliphatic carbocycles. The summed E-state index contributed by atoms with van der Waals surface area (Å²) in [4.78, 5) is 23.0. The highest BCUT2D eigenvalue weighted by Crippen LogP contribution is 2.06. The van der Waals surface area contributed by atoms with E-state index in [9.17, 15) is 14.7 Å². The van der Waals surface area contributed by atoms with Crippen LogP contribution in [0.25, 0.3) is 0 Å². The number of nitrogens with zero attached hydrogens (tertiary/aromatic N) is 1.